The Balaban J connectivity index is 1.39. The lowest BCUT2D eigenvalue weighted by atomic mass is 10.1. The van der Waals surface area contributed by atoms with Crippen LogP contribution in [0.15, 0.2) is 36.7 Å². The first kappa shape index (κ1) is 15.8. The van der Waals surface area contributed by atoms with E-state index in [-0.39, 0.29) is 12.1 Å². The Bertz CT molecular complexity index is 698. The minimum absolute atomic E-state index is 0.237. The monoisotopic (exact) mass is 326 g/mol. The van der Waals surface area contributed by atoms with Gasteiger partial charge < -0.3 is 5.11 Å². The van der Waals surface area contributed by atoms with E-state index in [1.54, 1.807) is 0 Å². The number of aromatic nitrogens is 2. The van der Waals surface area contributed by atoms with Crippen molar-refractivity contribution in [3.63, 3.8) is 0 Å². The largest absolute Gasteiger partial charge is 0.387 e. The molecule has 1 aromatic carbocycles. The zero-order chi connectivity index (χ0) is 16.5. The van der Waals surface area contributed by atoms with Crippen molar-refractivity contribution in [3.8, 4) is 0 Å². The standard InChI is InChI=1S/C19H26N4O/c1-21-13-15(12-20-21)14-22-7-4-8-23(10-9-22)18-11-16-5-2-3-6-17(16)19(18)24/h2-3,5-6,12-13,18-19,24H,4,7-11,14H2,1H3. The molecule has 0 radical (unpaired) electrons. The van der Waals surface area contributed by atoms with Crippen LogP contribution in [0.25, 0.3) is 0 Å². The van der Waals surface area contributed by atoms with Crippen LogP contribution in [0.1, 0.15) is 29.2 Å². The molecule has 0 saturated carbocycles. The van der Waals surface area contributed by atoms with Gasteiger partial charge in [-0.05, 0) is 37.1 Å². The van der Waals surface area contributed by atoms with Gasteiger partial charge in [0.05, 0.1) is 12.3 Å². The van der Waals surface area contributed by atoms with Crippen LogP contribution >= 0.6 is 0 Å². The molecule has 24 heavy (non-hydrogen) atoms. The van der Waals surface area contributed by atoms with Crippen molar-refractivity contribution in [1.82, 2.24) is 19.6 Å². The molecule has 5 heteroatoms. The topological polar surface area (TPSA) is 44.5 Å². The van der Waals surface area contributed by atoms with E-state index in [9.17, 15) is 5.11 Å². The number of benzene rings is 1. The number of hydrogen-bond acceptors (Lipinski definition) is 4. The third-order valence-electron chi connectivity index (χ3n) is 5.42. The summed E-state index contributed by atoms with van der Waals surface area (Å²) in [5.74, 6) is 0. The third-order valence-corrected chi connectivity index (χ3v) is 5.42. The average Bonchev–Trinajstić information content (AvgIpc) is 3.05. The Labute approximate surface area is 143 Å². The van der Waals surface area contributed by atoms with Crippen molar-refractivity contribution < 1.29 is 5.11 Å². The molecule has 1 aromatic heterocycles. The fourth-order valence-corrected chi connectivity index (χ4v) is 4.17. The van der Waals surface area contributed by atoms with E-state index in [1.165, 1.54) is 11.1 Å². The van der Waals surface area contributed by atoms with Gasteiger partial charge in [-0.25, -0.2) is 0 Å². The van der Waals surface area contributed by atoms with Crippen LogP contribution in [0.5, 0.6) is 0 Å². The van der Waals surface area contributed by atoms with Crippen LogP contribution < -0.4 is 0 Å². The van der Waals surface area contributed by atoms with Crippen molar-refractivity contribution in [1.29, 1.82) is 0 Å². The second kappa shape index (κ2) is 6.67. The predicted molar refractivity (Wildman–Crippen MR) is 93.6 cm³/mol. The molecule has 0 spiro atoms. The molecule has 2 atom stereocenters. The Morgan fingerprint density at radius 1 is 1.17 bits per heavy atom. The second-order valence-electron chi connectivity index (χ2n) is 7.10. The van der Waals surface area contributed by atoms with Gasteiger partial charge in [-0.2, -0.15) is 5.10 Å². The summed E-state index contributed by atoms with van der Waals surface area (Å²) < 4.78 is 1.87. The molecule has 1 saturated heterocycles. The van der Waals surface area contributed by atoms with Gasteiger partial charge in [0.25, 0.3) is 0 Å². The van der Waals surface area contributed by atoms with Gasteiger partial charge in [0, 0.05) is 44.5 Å². The first-order chi connectivity index (χ1) is 11.7. The van der Waals surface area contributed by atoms with E-state index in [4.69, 9.17) is 0 Å². The van der Waals surface area contributed by atoms with Gasteiger partial charge in [-0.3, -0.25) is 14.5 Å². The summed E-state index contributed by atoms with van der Waals surface area (Å²) in [4.78, 5) is 5.00. The number of fused-ring (bicyclic) bond motifs is 1. The molecular formula is C19H26N4O. The zero-order valence-corrected chi connectivity index (χ0v) is 14.3. The molecule has 5 nitrogen and oxygen atoms in total. The van der Waals surface area contributed by atoms with E-state index in [2.05, 4.69) is 39.3 Å². The van der Waals surface area contributed by atoms with Crippen molar-refractivity contribution in [2.45, 2.75) is 31.5 Å². The quantitative estimate of drug-likeness (QED) is 0.930. The molecule has 1 N–H and O–H groups in total. The fourth-order valence-electron chi connectivity index (χ4n) is 4.17. The van der Waals surface area contributed by atoms with Gasteiger partial charge in [0.2, 0.25) is 0 Å². The van der Waals surface area contributed by atoms with Crippen molar-refractivity contribution in [2.24, 2.45) is 7.05 Å². The molecule has 0 bridgehead atoms. The summed E-state index contributed by atoms with van der Waals surface area (Å²) in [5, 5.41) is 15.0. The molecule has 1 fully saturated rings. The highest BCUT2D eigenvalue weighted by Crippen LogP contribution is 2.34. The number of rotatable bonds is 3. The van der Waals surface area contributed by atoms with Crippen LogP contribution in [0.4, 0.5) is 0 Å². The summed E-state index contributed by atoms with van der Waals surface area (Å²) in [6.07, 6.45) is 5.84. The van der Waals surface area contributed by atoms with E-state index >= 15 is 0 Å². The molecule has 1 aliphatic heterocycles. The number of aliphatic hydroxyl groups is 1. The molecule has 2 unspecified atom stereocenters. The first-order valence-electron chi connectivity index (χ1n) is 8.90. The summed E-state index contributed by atoms with van der Waals surface area (Å²) in [6.45, 7) is 5.22. The number of hydrogen-bond donors (Lipinski definition) is 1. The number of aryl methyl sites for hydroxylation is 1. The molecule has 2 aliphatic rings. The Hall–Kier alpha value is -1.69. The van der Waals surface area contributed by atoms with E-state index < -0.39 is 0 Å². The van der Waals surface area contributed by atoms with E-state index in [1.807, 2.05) is 24.0 Å². The maximum absolute atomic E-state index is 10.7. The van der Waals surface area contributed by atoms with Gasteiger partial charge in [-0.15, -0.1) is 0 Å². The van der Waals surface area contributed by atoms with Crippen LogP contribution in [0, 0.1) is 0 Å². The van der Waals surface area contributed by atoms with Crippen LogP contribution in [-0.2, 0) is 20.0 Å². The molecular weight excluding hydrogens is 300 g/mol. The lowest BCUT2D eigenvalue weighted by Gasteiger charge is -2.30. The van der Waals surface area contributed by atoms with E-state index in [0.717, 1.165) is 51.1 Å². The third kappa shape index (κ3) is 3.11. The zero-order valence-electron chi connectivity index (χ0n) is 14.3. The maximum atomic E-state index is 10.7. The SMILES string of the molecule is Cn1cc(CN2CCCN(C3Cc4ccccc4C3O)CC2)cn1. The Morgan fingerprint density at radius 2 is 2.04 bits per heavy atom. The first-order valence-corrected chi connectivity index (χ1v) is 8.90. The molecule has 0 amide bonds. The molecule has 128 valence electrons. The number of aliphatic hydroxyl groups excluding tert-OH is 1. The molecule has 2 heterocycles. The lowest BCUT2D eigenvalue weighted by molar-refractivity contribution is 0.0625. The maximum Gasteiger partial charge on any atom is 0.0951 e. The van der Waals surface area contributed by atoms with Gasteiger partial charge in [0.15, 0.2) is 0 Å². The Morgan fingerprint density at radius 3 is 2.83 bits per heavy atom. The van der Waals surface area contributed by atoms with Gasteiger partial charge in [-0.1, -0.05) is 24.3 Å². The highest BCUT2D eigenvalue weighted by atomic mass is 16.3. The van der Waals surface area contributed by atoms with Crippen LogP contribution in [0.2, 0.25) is 0 Å². The highest BCUT2D eigenvalue weighted by Gasteiger charge is 2.35. The van der Waals surface area contributed by atoms with Crippen molar-refractivity contribution >= 4 is 0 Å². The van der Waals surface area contributed by atoms with Crippen molar-refractivity contribution in [3.05, 3.63) is 53.3 Å². The van der Waals surface area contributed by atoms with Crippen LogP contribution in [0.3, 0.4) is 0 Å². The summed E-state index contributed by atoms with van der Waals surface area (Å²) in [6, 6.07) is 8.58. The minimum Gasteiger partial charge on any atom is -0.387 e. The normalized spacial score (nSPS) is 25.6. The predicted octanol–water partition coefficient (Wildman–Crippen LogP) is 1.59. The average molecular weight is 326 g/mol. The number of nitrogens with zero attached hydrogens (tertiary/aromatic N) is 4. The van der Waals surface area contributed by atoms with Gasteiger partial charge >= 0.3 is 0 Å². The lowest BCUT2D eigenvalue weighted by Crippen LogP contribution is -2.40. The van der Waals surface area contributed by atoms with Gasteiger partial charge in [0.1, 0.15) is 0 Å². The fraction of sp³-hybridized carbons (Fsp3) is 0.526. The molecule has 1 aliphatic carbocycles. The summed E-state index contributed by atoms with van der Waals surface area (Å²) in [5.41, 5.74) is 3.71. The van der Waals surface area contributed by atoms with E-state index in [0.29, 0.717) is 0 Å². The second-order valence-corrected chi connectivity index (χ2v) is 7.10. The molecule has 4 rings (SSSR count). The molecule has 2 aromatic rings. The summed E-state index contributed by atoms with van der Waals surface area (Å²) >= 11 is 0. The Kier molecular flexibility index (Phi) is 4.39. The highest BCUT2D eigenvalue weighted by molar-refractivity contribution is 5.35. The minimum atomic E-state index is -0.342. The van der Waals surface area contributed by atoms with Crippen LogP contribution in [-0.4, -0.2) is 56.9 Å². The summed E-state index contributed by atoms with van der Waals surface area (Å²) in [7, 11) is 1.97. The van der Waals surface area contributed by atoms with Crippen molar-refractivity contribution in [2.75, 3.05) is 26.2 Å². The smallest absolute Gasteiger partial charge is 0.0951 e.